The Morgan fingerprint density at radius 2 is 1.84 bits per heavy atom. The molecule has 1 N–H and O–H groups in total. The Morgan fingerprint density at radius 3 is 2.56 bits per heavy atom. The normalized spacial score (nSPS) is 10.5. The summed E-state index contributed by atoms with van der Waals surface area (Å²) in [6, 6.07) is 11.3. The quantitative estimate of drug-likeness (QED) is 0.562. The second kappa shape index (κ2) is 6.52. The monoisotopic (exact) mass is 344 g/mol. The van der Waals surface area contributed by atoms with Gasteiger partial charge in [0.05, 0.1) is 16.2 Å². The van der Waals surface area contributed by atoms with Crippen LogP contribution in [-0.2, 0) is 0 Å². The summed E-state index contributed by atoms with van der Waals surface area (Å²) in [6.07, 6.45) is 0. The van der Waals surface area contributed by atoms with Gasteiger partial charge in [0.15, 0.2) is 5.76 Å². The molecule has 0 spiro atoms. The molecule has 1 heterocycles. The molecule has 8 heteroatoms. The third-order valence-corrected chi connectivity index (χ3v) is 3.38. The van der Waals surface area contributed by atoms with Crippen molar-refractivity contribution in [3.05, 3.63) is 82.1 Å². The lowest BCUT2D eigenvalue weighted by Gasteiger charge is -2.04. The second-order valence-electron chi connectivity index (χ2n) is 5.02. The lowest BCUT2D eigenvalue weighted by Crippen LogP contribution is -2.12. The molecular weight excluding hydrogens is 334 g/mol. The molecule has 3 rings (SSSR count). The highest BCUT2D eigenvalue weighted by Gasteiger charge is 2.19. The van der Waals surface area contributed by atoms with Crippen LogP contribution in [0.3, 0.4) is 0 Å². The van der Waals surface area contributed by atoms with Crippen LogP contribution in [0.2, 0.25) is 0 Å². The summed E-state index contributed by atoms with van der Waals surface area (Å²) in [5.41, 5.74) is -0.178. The molecule has 0 saturated carbocycles. The van der Waals surface area contributed by atoms with Gasteiger partial charge in [0, 0.05) is 12.1 Å². The molecule has 0 bridgehead atoms. The summed E-state index contributed by atoms with van der Waals surface area (Å²) in [6.45, 7) is 0. The van der Waals surface area contributed by atoms with Crippen LogP contribution in [0.1, 0.15) is 10.6 Å². The van der Waals surface area contributed by atoms with Crippen molar-refractivity contribution in [3.8, 4) is 11.3 Å². The van der Waals surface area contributed by atoms with E-state index in [1.807, 2.05) is 0 Å². The largest absolute Gasteiger partial charge is 0.451 e. The Hall–Kier alpha value is -3.55. The maximum absolute atomic E-state index is 13.6. The fourth-order valence-electron chi connectivity index (χ4n) is 2.22. The van der Waals surface area contributed by atoms with Gasteiger partial charge < -0.3 is 9.73 Å². The van der Waals surface area contributed by atoms with Gasteiger partial charge in [0.1, 0.15) is 17.4 Å². The number of para-hydroxylation sites is 1. The van der Waals surface area contributed by atoms with E-state index in [0.29, 0.717) is 6.07 Å². The maximum Gasteiger partial charge on any atom is 0.291 e. The summed E-state index contributed by atoms with van der Waals surface area (Å²) in [5, 5.41) is 13.3. The summed E-state index contributed by atoms with van der Waals surface area (Å²) < 4.78 is 31.8. The Balaban J connectivity index is 1.86. The Labute approximate surface area is 139 Å². The number of nitrogens with zero attached hydrogens (tertiary/aromatic N) is 1. The number of benzene rings is 2. The number of carbonyl (C=O) groups is 1. The molecule has 0 aliphatic rings. The van der Waals surface area contributed by atoms with Gasteiger partial charge in [-0.2, -0.15) is 0 Å². The van der Waals surface area contributed by atoms with Crippen molar-refractivity contribution in [1.82, 2.24) is 0 Å². The lowest BCUT2D eigenvalue weighted by molar-refractivity contribution is -0.384. The first-order valence-corrected chi connectivity index (χ1v) is 7.06. The first kappa shape index (κ1) is 16.3. The van der Waals surface area contributed by atoms with Gasteiger partial charge in [-0.25, -0.2) is 8.78 Å². The highest BCUT2D eigenvalue weighted by Crippen LogP contribution is 2.31. The highest BCUT2D eigenvalue weighted by molar-refractivity contribution is 6.02. The zero-order valence-corrected chi connectivity index (χ0v) is 12.5. The molecule has 2 aromatic carbocycles. The Bertz CT molecular complexity index is 969. The van der Waals surface area contributed by atoms with Crippen molar-refractivity contribution in [1.29, 1.82) is 0 Å². The highest BCUT2D eigenvalue weighted by atomic mass is 19.1. The van der Waals surface area contributed by atoms with E-state index < -0.39 is 22.5 Å². The average Bonchev–Trinajstić information content (AvgIpc) is 3.07. The number of halogens is 2. The Morgan fingerprint density at radius 1 is 1.08 bits per heavy atom. The molecule has 1 aromatic heterocycles. The minimum Gasteiger partial charge on any atom is -0.451 e. The molecule has 25 heavy (non-hydrogen) atoms. The number of nitro groups is 1. The van der Waals surface area contributed by atoms with E-state index in [2.05, 4.69) is 5.32 Å². The fraction of sp³-hybridized carbons (Fsp3) is 0. The number of anilines is 1. The number of carbonyl (C=O) groups excluding carboxylic acids is 1. The minimum absolute atomic E-state index is 0.122. The predicted octanol–water partition coefficient (Wildman–Crippen LogP) is 4.39. The maximum atomic E-state index is 13.6. The van der Waals surface area contributed by atoms with Crippen molar-refractivity contribution in [2.24, 2.45) is 0 Å². The third kappa shape index (κ3) is 3.37. The van der Waals surface area contributed by atoms with E-state index in [9.17, 15) is 23.7 Å². The number of nitrogens with one attached hydrogen (secondary N) is 1. The van der Waals surface area contributed by atoms with Crippen LogP contribution in [0.5, 0.6) is 0 Å². The lowest BCUT2D eigenvalue weighted by atomic mass is 10.1. The van der Waals surface area contributed by atoms with Gasteiger partial charge in [-0.1, -0.05) is 12.1 Å². The van der Waals surface area contributed by atoms with Crippen molar-refractivity contribution in [3.63, 3.8) is 0 Å². The number of nitro benzene ring substituents is 1. The Kier molecular flexibility index (Phi) is 4.25. The van der Waals surface area contributed by atoms with E-state index in [1.165, 1.54) is 30.3 Å². The summed E-state index contributed by atoms with van der Waals surface area (Å²) in [4.78, 5) is 22.6. The number of hydrogen-bond acceptors (Lipinski definition) is 4. The smallest absolute Gasteiger partial charge is 0.291 e. The van der Waals surface area contributed by atoms with E-state index in [4.69, 9.17) is 4.42 Å². The topological polar surface area (TPSA) is 85.4 Å². The standard InChI is InChI=1S/C17H10F2N2O4/c18-10-5-6-13(12(19)9-10)20-17(22)16-8-7-15(25-16)11-3-1-2-4-14(11)21(23)24/h1-9H,(H,20,22). The van der Waals surface area contributed by atoms with E-state index in [-0.39, 0.29) is 28.5 Å². The van der Waals surface area contributed by atoms with Gasteiger partial charge >= 0.3 is 0 Å². The van der Waals surface area contributed by atoms with Crippen LogP contribution < -0.4 is 5.32 Å². The molecular formula is C17H10F2N2O4. The first-order valence-electron chi connectivity index (χ1n) is 7.06. The molecule has 1 amide bonds. The molecule has 6 nitrogen and oxygen atoms in total. The molecule has 3 aromatic rings. The number of hydrogen-bond donors (Lipinski definition) is 1. The van der Waals surface area contributed by atoms with Crippen LogP contribution in [0, 0.1) is 21.7 Å². The third-order valence-electron chi connectivity index (χ3n) is 3.38. The average molecular weight is 344 g/mol. The zero-order chi connectivity index (χ0) is 18.0. The molecule has 0 fully saturated rings. The number of amides is 1. The summed E-state index contributed by atoms with van der Waals surface area (Å²) in [5.74, 6) is -2.52. The zero-order valence-electron chi connectivity index (χ0n) is 12.5. The molecule has 0 atom stereocenters. The van der Waals surface area contributed by atoms with Crippen molar-refractivity contribution >= 4 is 17.3 Å². The number of furan rings is 1. The van der Waals surface area contributed by atoms with Crippen LogP contribution >= 0.6 is 0 Å². The predicted molar refractivity (Wildman–Crippen MR) is 85.1 cm³/mol. The van der Waals surface area contributed by atoms with Crippen LogP contribution in [0.25, 0.3) is 11.3 Å². The molecule has 0 aliphatic heterocycles. The van der Waals surface area contributed by atoms with E-state index >= 15 is 0 Å². The number of rotatable bonds is 4. The van der Waals surface area contributed by atoms with Gasteiger partial charge in [-0.05, 0) is 30.3 Å². The first-order chi connectivity index (χ1) is 12.0. The second-order valence-corrected chi connectivity index (χ2v) is 5.02. The van der Waals surface area contributed by atoms with Crippen LogP contribution in [0.15, 0.2) is 59.0 Å². The summed E-state index contributed by atoms with van der Waals surface area (Å²) in [7, 11) is 0. The fourth-order valence-corrected chi connectivity index (χ4v) is 2.22. The van der Waals surface area contributed by atoms with Gasteiger partial charge in [-0.3, -0.25) is 14.9 Å². The molecule has 0 saturated heterocycles. The van der Waals surface area contributed by atoms with Crippen molar-refractivity contribution in [2.45, 2.75) is 0 Å². The van der Waals surface area contributed by atoms with Crippen LogP contribution in [0.4, 0.5) is 20.2 Å². The van der Waals surface area contributed by atoms with Gasteiger partial charge in [0.2, 0.25) is 0 Å². The molecule has 0 radical (unpaired) electrons. The molecule has 0 unspecified atom stereocenters. The van der Waals surface area contributed by atoms with Crippen molar-refractivity contribution < 1.29 is 22.9 Å². The molecule has 0 aliphatic carbocycles. The minimum atomic E-state index is -0.932. The van der Waals surface area contributed by atoms with Crippen LogP contribution in [-0.4, -0.2) is 10.8 Å². The summed E-state index contributed by atoms with van der Waals surface area (Å²) >= 11 is 0. The van der Waals surface area contributed by atoms with Gasteiger partial charge in [0.25, 0.3) is 11.6 Å². The van der Waals surface area contributed by atoms with Gasteiger partial charge in [-0.15, -0.1) is 0 Å². The van der Waals surface area contributed by atoms with Crippen molar-refractivity contribution in [2.75, 3.05) is 5.32 Å². The molecule has 126 valence electrons. The van der Waals surface area contributed by atoms with E-state index in [1.54, 1.807) is 6.07 Å². The SMILES string of the molecule is O=C(Nc1ccc(F)cc1F)c1ccc(-c2ccccc2[N+](=O)[O-])o1. The van der Waals surface area contributed by atoms with E-state index in [0.717, 1.165) is 12.1 Å².